The number of aromatic nitrogens is 1. The Morgan fingerprint density at radius 2 is 2.05 bits per heavy atom. The highest BCUT2D eigenvalue weighted by Crippen LogP contribution is 2.32. The highest BCUT2D eigenvalue weighted by atomic mass is 32.2. The van der Waals surface area contributed by atoms with Crippen molar-refractivity contribution in [3.63, 3.8) is 0 Å². The van der Waals surface area contributed by atoms with E-state index in [0.29, 0.717) is 12.2 Å². The van der Waals surface area contributed by atoms with Gasteiger partial charge in [0.1, 0.15) is 10.6 Å². The molecule has 0 aliphatic carbocycles. The van der Waals surface area contributed by atoms with E-state index in [9.17, 15) is 4.79 Å². The molecule has 0 saturated heterocycles. The molecule has 1 aromatic rings. The van der Waals surface area contributed by atoms with Crippen molar-refractivity contribution in [1.29, 1.82) is 0 Å². The Balaban J connectivity index is 2.86. The van der Waals surface area contributed by atoms with Gasteiger partial charge < -0.3 is 10.1 Å². The molecule has 0 unspecified atom stereocenters. The van der Waals surface area contributed by atoms with Crippen LogP contribution in [0, 0.1) is 6.92 Å². The fraction of sp³-hybridized carbons (Fsp3) is 0.714. The summed E-state index contributed by atoms with van der Waals surface area (Å²) in [6, 6.07) is 0. The Bertz CT molecular complexity index is 434. The number of anilines is 1. The highest BCUT2D eigenvalue weighted by Gasteiger charge is 2.26. The molecule has 1 aromatic heterocycles. The van der Waals surface area contributed by atoms with Crippen LogP contribution in [0.1, 0.15) is 49.7 Å². The number of aryl methyl sites for hydroxylation is 1. The molecule has 1 N–H and O–H groups in total. The summed E-state index contributed by atoms with van der Waals surface area (Å²) in [5.41, 5.74) is 1.32. The first kappa shape index (κ1) is 17.3. The summed E-state index contributed by atoms with van der Waals surface area (Å²) >= 11 is 3.20. The second-order valence-corrected chi connectivity index (χ2v) is 6.69. The highest BCUT2D eigenvalue weighted by molar-refractivity contribution is 8.00. The van der Waals surface area contributed by atoms with E-state index in [1.165, 1.54) is 11.5 Å². The third-order valence-electron chi connectivity index (χ3n) is 3.64. The van der Waals surface area contributed by atoms with Crippen molar-refractivity contribution in [2.45, 2.75) is 45.3 Å². The Labute approximate surface area is 129 Å². The Morgan fingerprint density at radius 3 is 2.55 bits per heavy atom. The normalized spacial score (nSPS) is 11.4. The van der Waals surface area contributed by atoms with Crippen molar-refractivity contribution in [2.24, 2.45) is 0 Å². The minimum atomic E-state index is -0.288. The molecule has 0 aromatic carbocycles. The number of rotatable bonds is 8. The molecule has 4 nitrogen and oxygen atoms in total. The molecular weight excluding hydrogens is 292 g/mol. The van der Waals surface area contributed by atoms with Gasteiger partial charge in [-0.25, -0.2) is 4.79 Å². The molecule has 0 spiro atoms. The molecule has 0 amide bonds. The summed E-state index contributed by atoms with van der Waals surface area (Å²) in [6.45, 7) is 9.27. The average molecular weight is 316 g/mol. The quantitative estimate of drug-likeness (QED) is 0.736. The summed E-state index contributed by atoms with van der Waals surface area (Å²) in [4.78, 5) is 12.0. The molecular formula is C14H24N2O2S2. The summed E-state index contributed by atoms with van der Waals surface area (Å²) in [6.07, 6.45) is 4.31. The molecule has 1 heterocycles. The fourth-order valence-corrected chi connectivity index (χ4v) is 3.61. The molecule has 20 heavy (non-hydrogen) atoms. The van der Waals surface area contributed by atoms with Crippen molar-refractivity contribution in [2.75, 3.05) is 24.7 Å². The first-order chi connectivity index (χ1) is 9.53. The van der Waals surface area contributed by atoms with Gasteiger partial charge in [-0.3, -0.25) is 0 Å². The van der Waals surface area contributed by atoms with Gasteiger partial charge in [-0.1, -0.05) is 13.8 Å². The van der Waals surface area contributed by atoms with Crippen LogP contribution in [-0.4, -0.2) is 34.5 Å². The summed E-state index contributed by atoms with van der Waals surface area (Å²) in [5, 5.41) is 4.22. The fourth-order valence-electron chi connectivity index (χ4n) is 2.04. The van der Waals surface area contributed by atoms with E-state index in [4.69, 9.17) is 4.74 Å². The van der Waals surface area contributed by atoms with Gasteiger partial charge in [0, 0.05) is 11.3 Å². The number of hydrogen-bond acceptors (Lipinski definition) is 6. The maximum atomic E-state index is 12.0. The smallest absolute Gasteiger partial charge is 0.343 e. The van der Waals surface area contributed by atoms with Crippen LogP contribution in [0.4, 0.5) is 5.00 Å². The van der Waals surface area contributed by atoms with Gasteiger partial charge >= 0.3 is 5.97 Å². The second-order valence-electron chi connectivity index (χ2n) is 4.64. The third-order valence-corrected chi connectivity index (χ3v) is 6.12. The van der Waals surface area contributed by atoms with Gasteiger partial charge in [-0.05, 0) is 44.5 Å². The van der Waals surface area contributed by atoms with Crippen LogP contribution in [0.2, 0.25) is 0 Å². The van der Waals surface area contributed by atoms with Crippen molar-refractivity contribution >= 4 is 34.3 Å². The van der Waals surface area contributed by atoms with Crippen LogP contribution in [0.15, 0.2) is 0 Å². The minimum Gasteiger partial charge on any atom is -0.462 e. The van der Waals surface area contributed by atoms with Gasteiger partial charge in [-0.15, -0.1) is 0 Å². The Hall–Kier alpha value is -0.750. The second kappa shape index (κ2) is 7.88. The SMILES string of the molecule is CCOC(=O)c1c(C)nsc1NCC(CC)(CC)SC. The van der Waals surface area contributed by atoms with Crippen LogP contribution in [-0.2, 0) is 4.74 Å². The maximum absolute atomic E-state index is 12.0. The first-order valence-electron chi connectivity index (χ1n) is 6.96. The topological polar surface area (TPSA) is 51.2 Å². The lowest BCUT2D eigenvalue weighted by atomic mass is 10.0. The number of nitrogens with zero attached hydrogens (tertiary/aromatic N) is 1. The number of nitrogens with one attached hydrogen (secondary N) is 1. The molecule has 0 aliphatic heterocycles. The van der Waals surface area contributed by atoms with Crippen molar-refractivity contribution in [3.05, 3.63) is 11.3 Å². The average Bonchev–Trinajstić information content (AvgIpc) is 2.82. The standard InChI is InChI=1S/C14H24N2O2S2/c1-6-14(7-2,19-5)9-15-12-11(10(4)16-20-12)13(17)18-8-3/h15H,6-9H2,1-5H3. The lowest BCUT2D eigenvalue weighted by Crippen LogP contribution is -2.32. The van der Waals surface area contributed by atoms with Crippen molar-refractivity contribution in [3.8, 4) is 0 Å². The zero-order valence-corrected chi connectivity index (χ0v) is 14.5. The van der Waals surface area contributed by atoms with E-state index in [1.54, 1.807) is 0 Å². The summed E-state index contributed by atoms with van der Waals surface area (Å²) in [5.74, 6) is -0.288. The van der Waals surface area contributed by atoms with E-state index in [-0.39, 0.29) is 10.7 Å². The zero-order chi connectivity index (χ0) is 15.2. The lowest BCUT2D eigenvalue weighted by Gasteiger charge is -2.30. The number of carbonyl (C=O) groups is 1. The molecule has 114 valence electrons. The number of thioether (sulfide) groups is 1. The van der Waals surface area contributed by atoms with Gasteiger partial charge in [-0.2, -0.15) is 16.1 Å². The number of carbonyl (C=O) groups excluding carboxylic acids is 1. The van der Waals surface area contributed by atoms with E-state index in [2.05, 4.69) is 29.8 Å². The zero-order valence-electron chi connectivity index (χ0n) is 12.9. The van der Waals surface area contributed by atoms with Crippen molar-refractivity contribution in [1.82, 2.24) is 4.37 Å². The largest absolute Gasteiger partial charge is 0.462 e. The van der Waals surface area contributed by atoms with E-state index in [1.807, 2.05) is 25.6 Å². The summed E-state index contributed by atoms with van der Waals surface area (Å²) < 4.78 is 9.57. The number of esters is 1. The number of hydrogen-bond donors (Lipinski definition) is 1. The maximum Gasteiger partial charge on any atom is 0.343 e. The molecule has 1 rings (SSSR count). The lowest BCUT2D eigenvalue weighted by molar-refractivity contribution is 0.0527. The first-order valence-corrected chi connectivity index (χ1v) is 8.95. The van der Waals surface area contributed by atoms with E-state index < -0.39 is 0 Å². The van der Waals surface area contributed by atoms with Crippen LogP contribution in [0.5, 0.6) is 0 Å². The van der Waals surface area contributed by atoms with Crippen LogP contribution < -0.4 is 5.32 Å². The minimum absolute atomic E-state index is 0.198. The molecule has 0 fully saturated rings. The van der Waals surface area contributed by atoms with Gasteiger partial charge in [0.2, 0.25) is 0 Å². The Kier molecular flexibility index (Phi) is 6.82. The predicted molar refractivity (Wildman–Crippen MR) is 88.1 cm³/mol. The molecule has 0 atom stereocenters. The number of ether oxygens (including phenoxy) is 1. The van der Waals surface area contributed by atoms with E-state index >= 15 is 0 Å². The molecule has 0 radical (unpaired) electrons. The predicted octanol–water partition coefficient (Wildman–Crippen LogP) is 3.96. The van der Waals surface area contributed by atoms with Crippen LogP contribution in [0.25, 0.3) is 0 Å². The van der Waals surface area contributed by atoms with Crippen LogP contribution in [0.3, 0.4) is 0 Å². The monoisotopic (exact) mass is 316 g/mol. The third kappa shape index (κ3) is 3.88. The Morgan fingerprint density at radius 1 is 1.40 bits per heavy atom. The molecule has 6 heteroatoms. The van der Waals surface area contributed by atoms with Gasteiger partial charge in [0.05, 0.1) is 12.3 Å². The van der Waals surface area contributed by atoms with Crippen LogP contribution >= 0.6 is 23.3 Å². The van der Waals surface area contributed by atoms with E-state index in [0.717, 1.165) is 30.1 Å². The molecule has 0 aliphatic rings. The summed E-state index contributed by atoms with van der Waals surface area (Å²) in [7, 11) is 0. The van der Waals surface area contributed by atoms with Gasteiger partial charge in [0.25, 0.3) is 0 Å². The molecule has 0 saturated carbocycles. The van der Waals surface area contributed by atoms with Gasteiger partial charge in [0.15, 0.2) is 0 Å². The molecule has 0 bridgehead atoms. The van der Waals surface area contributed by atoms with Crippen molar-refractivity contribution < 1.29 is 9.53 Å².